The fourth-order valence-corrected chi connectivity index (χ4v) is 4.74. The lowest BCUT2D eigenvalue weighted by Gasteiger charge is -2.26. The van der Waals surface area contributed by atoms with Gasteiger partial charge in [0.15, 0.2) is 0 Å². The first-order valence-electron chi connectivity index (χ1n) is 11.2. The number of carbonyl (C=O) groups is 2. The maximum Gasteiger partial charge on any atom is 0.300 e. The van der Waals surface area contributed by atoms with E-state index < -0.39 is 23.5 Å². The van der Waals surface area contributed by atoms with Crippen LogP contribution < -0.4 is 4.90 Å². The lowest BCUT2D eigenvalue weighted by Crippen LogP contribution is -2.29. The minimum absolute atomic E-state index is 0.0314. The van der Waals surface area contributed by atoms with Crippen LogP contribution in [0.15, 0.2) is 90.5 Å². The highest BCUT2D eigenvalue weighted by molar-refractivity contribution is 6.52. The first-order valence-corrected chi connectivity index (χ1v) is 11.6. The zero-order chi connectivity index (χ0) is 24.7. The van der Waals surface area contributed by atoms with Crippen LogP contribution in [0.5, 0.6) is 0 Å². The number of anilines is 1. The summed E-state index contributed by atoms with van der Waals surface area (Å²) in [5.41, 5.74) is 2.41. The fourth-order valence-electron chi connectivity index (χ4n) is 4.56. The third-order valence-corrected chi connectivity index (χ3v) is 6.66. The van der Waals surface area contributed by atoms with Crippen molar-refractivity contribution in [3.05, 3.63) is 118 Å². The van der Waals surface area contributed by atoms with Gasteiger partial charge >= 0.3 is 0 Å². The molecule has 0 spiro atoms. The summed E-state index contributed by atoms with van der Waals surface area (Å²) in [5, 5.41) is 13.0. The molecule has 5 rings (SSSR count). The average molecular weight is 486 g/mol. The molecule has 1 N–H and O–H groups in total. The SMILES string of the molecule is CCc1ccc(C2/C(=C(/O)c3cccc4ccccc34)C(=O)C(=O)N2c2ccc(F)c(Cl)c2)cc1. The quantitative estimate of drug-likeness (QED) is 0.196. The third-order valence-electron chi connectivity index (χ3n) is 6.37. The van der Waals surface area contributed by atoms with Crippen molar-refractivity contribution < 1.29 is 19.1 Å². The molecule has 4 nitrogen and oxygen atoms in total. The van der Waals surface area contributed by atoms with E-state index in [1.807, 2.05) is 61.5 Å². The van der Waals surface area contributed by atoms with Crippen LogP contribution in [0.3, 0.4) is 0 Å². The molecule has 1 fully saturated rings. The average Bonchev–Trinajstić information content (AvgIpc) is 3.15. The van der Waals surface area contributed by atoms with Crippen LogP contribution in [0.2, 0.25) is 5.02 Å². The number of hydrogen-bond donors (Lipinski definition) is 1. The van der Waals surface area contributed by atoms with Crippen LogP contribution in [0.4, 0.5) is 10.1 Å². The third kappa shape index (κ3) is 3.88. The Bertz CT molecular complexity index is 1510. The Morgan fingerprint density at radius 1 is 0.971 bits per heavy atom. The number of rotatable bonds is 4. The Balaban J connectivity index is 1.77. The van der Waals surface area contributed by atoms with Gasteiger partial charge in [-0.05, 0) is 46.5 Å². The van der Waals surface area contributed by atoms with E-state index in [-0.39, 0.29) is 22.0 Å². The molecule has 35 heavy (non-hydrogen) atoms. The molecule has 4 aromatic rings. The van der Waals surface area contributed by atoms with E-state index in [9.17, 15) is 19.1 Å². The Hall–Kier alpha value is -3.96. The van der Waals surface area contributed by atoms with Gasteiger partial charge in [-0.15, -0.1) is 0 Å². The second-order valence-electron chi connectivity index (χ2n) is 8.39. The van der Waals surface area contributed by atoms with Crippen molar-refractivity contribution in [2.45, 2.75) is 19.4 Å². The number of fused-ring (bicyclic) bond motifs is 1. The number of carbonyl (C=O) groups excluding carboxylic acids is 2. The number of Topliss-reactive ketones (excluding diaryl/α,β-unsaturated/α-hetero) is 1. The highest BCUT2D eigenvalue weighted by Gasteiger charge is 2.47. The summed E-state index contributed by atoms with van der Waals surface area (Å²) in [4.78, 5) is 28.0. The lowest BCUT2D eigenvalue weighted by molar-refractivity contribution is -0.132. The van der Waals surface area contributed by atoms with Gasteiger partial charge in [-0.25, -0.2) is 4.39 Å². The number of aryl methyl sites for hydroxylation is 1. The number of aliphatic hydroxyl groups excluding tert-OH is 1. The minimum atomic E-state index is -0.915. The predicted octanol–water partition coefficient (Wildman–Crippen LogP) is 6.82. The molecule has 1 saturated heterocycles. The van der Waals surface area contributed by atoms with E-state index in [1.54, 1.807) is 12.1 Å². The summed E-state index contributed by atoms with van der Waals surface area (Å²) < 4.78 is 13.9. The molecule has 1 aliphatic heterocycles. The van der Waals surface area contributed by atoms with E-state index in [0.29, 0.717) is 11.1 Å². The van der Waals surface area contributed by atoms with Crippen molar-refractivity contribution in [1.82, 2.24) is 0 Å². The number of amides is 1. The van der Waals surface area contributed by atoms with Crippen molar-refractivity contribution in [3.8, 4) is 0 Å². The van der Waals surface area contributed by atoms with Gasteiger partial charge in [-0.3, -0.25) is 14.5 Å². The summed E-state index contributed by atoms with van der Waals surface area (Å²) in [5.74, 6) is -2.54. The largest absolute Gasteiger partial charge is 0.507 e. The van der Waals surface area contributed by atoms with E-state index in [4.69, 9.17) is 11.6 Å². The van der Waals surface area contributed by atoms with Crippen LogP contribution in [-0.4, -0.2) is 16.8 Å². The van der Waals surface area contributed by atoms with E-state index in [0.717, 1.165) is 28.8 Å². The minimum Gasteiger partial charge on any atom is -0.507 e. The van der Waals surface area contributed by atoms with Gasteiger partial charge in [0, 0.05) is 11.3 Å². The molecule has 4 aromatic carbocycles. The van der Waals surface area contributed by atoms with Crippen LogP contribution in [0.1, 0.15) is 29.7 Å². The highest BCUT2D eigenvalue weighted by atomic mass is 35.5. The standard InChI is InChI=1S/C29H21ClFNO3/c1-2-17-10-12-19(13-11-17)26-25(27(33)22-9-5-7-18-6-3-4-8-21(18)22)28(34)29(35)32(26)20-14-15-24(31)23(30)16-20/h3-16,26,33H,2H2,1H3/b27-25-. The zero-order valence-electron chi connectivity index (χ0n) is 18.8. The molecule has 1 aliphatic rings. The van der Waals surface area contributed by atoms with Crippen LogP contribution in [-0.2, 0) is 16.0 Å². The molecule has 6 heteroatoms. The molecule has 0 aliphatic carbocycles. The van der Waals surface area contributed by atoms with Gasteiger partial charge in [0.05, 0.1) is 16.6 Å². The smallest absolute Gasteiger partial charge is 0.300 e. The van der Waals surface area contributed by atoms with Crippen molar-refractivity contribution in [2.75, 3.05) is 4.90 Å². The summed E-state index contributed by atoms with van der Waals surface area (Å²) in [6.45, 7) is 2.03. The van der Waals surface area contributed by atoms with Crippen molar-refractivity contribution in [3.63, 3.8) is 0 Å². The van der Waals surface area contributed by atoms with Crippen LogP contribution >= 0.6 is 11.6 Å². The number of hydrogen-bond acceptors (Lipinski definition) is 3. The van der Waals surface area contributed by atoms with Crippen LogP contribution in [0.25, 0.3) is 16.5 Å². The molecule has 0 radical (unpaired) electrons. The Kier molecular flexibility index (Phi) is 5.87. The second kappa shape index (κ2) is 9.01. The van der Waals surface area contributed by atoms with Crippen molar-refractivity contribution in [1.29, 1.82) is 0 Å². The summed E-state index contributed by atoms with van der Waals surface area (Å²) >= 11 is 6.01. The van der Waals surface area contributed by atoms with E-state index >= 15 is 0 Å². The number of ketones is 1. The zero-order valence-corrected chi connectivity index (χ0v) is 19.6. The van der Waals surface area contributed by atoms with Gasteiger partial charge in [-0.2, -0.15) is 0 Å². The molecular formula is C29H21ClFNO3. The molecular weight excluding hydrogens is 465 g/mol. The molecule has 1 heterocycles. The summed E-state index contributed by atoms with van der Waals surface area (Å²) in [6.07, 6.45) is 0.823. The van der Waals surface area contributed by atoms with Gasteiger partial charge in [0.2, 0.25) is 0 Å². The van der Waals surface area contributed by atoms with Crippen molar-refractivity contribution >= 4 is 45.5 Å². The predicted molar refractivity (Wildman–Crippen MR) is 136 cm³/mol. The molecule has 1 unspecified atom stereocenters. The molecule has 1 atom stereocenters. The van der Waals surface area contributed by atoms with E-state index in [1.165, 1.54) is 17.0 Å². The molecule has 0 aromatic heterocycles. The monoisotopic (exact) mass is 485 g/mol. The molecule has 0 bridgehead atoms. The second-order valence-corrected chi connectivity index (χ2v) is 8.80. The van der Waals surface area contributed by atoms with Gasteiger partial charge in [0.1, 0.15) is 11.6 Å². The lowest BCUT2D eigenvalue weighted by atomic mass is 9.92. The maximum atomic E-state index is 13.9. The Morgan fingerprint density at radius 3 is 2.40 bits per heavy atom. The number of aliphatic hydroxyl groups is 1. The Morgan fingerprint density at radius 2 is 1.69 bits per heavy atom. The number of benzene rings is 4. The van der Waals surface area contributed by atoms with Crippen molar-refractivity contribution in [2.24, 2.45) is 0 Å². The number of halogens is 2. The summed E-state index contributed by atoms with van der Waals surface area (Å²) in [6, 6.07) is 23.4. The normalized spacial score (nSPS) is 17.3. The van der Waals surface area contributed by atoms with Gasteiger partial charge in [-0.1, -0.05) is 85.3 Å². The number of nitrogens with zero attached hydrogens (tertiary/aromatic N) is 1. The topological polar surface area (TPSA) is 57.6 Å². The Labute approximate surface area is 206 Å². The molecule has 174 valence electrons. The first-order chi connectivity index (χ1) is 16.9. The fraction of sp³-hybridized carbons (Fsp3) is 0.103. The summed E-state index contributed by atoms with van der Waals surface area (Å²) in [7, 11) is 0. The maximum absolute atomic E-state index is 13.9. The van der Waals surface area contributed by atoms with E-state index in [2.05, 4.69) is 0 Å². The van der Waals surface area contributed by atoms with Gasteiger partial charge in [0.25, 0.3) is 11.7 Å². The highest BCUT2D eigenvalue weighted by Crippen LogP contribution is 2.43. The van der Waals surface area contributed by atoms with Crippen LogP contribution in [0, 0.1) is 5.82 Å². The molecule has 0 saturated carbocycles. The van der Waals surface area contributed by atoms with Gasteiger partial charge < -0.3 is 5.11 Å². The molecule has 1 amide bonds. The first kappa shape index (κ1) is 22.8.